The van der Waals surface area contributed by atoms with E-state index >= 15 is 0 Å². The monoisotopic (exact) mass is 1530 g/mol. The summed E-state index contributed by atoms with van der Waals surface area (Å²) in [5, 5.41) is 49.0. The number of fused-ring (bicyclic) bond motifs is 3. The zero-order valence-electron chi connectivity index (χ0n) is 59.1. The van der Waals surface area contributed by atoms with Crippen LogP contribution in [0.1, 0.15) is 174 Å². The molecule has 15 rings (SSSR count). The average Bonchev–Trinajstić information content (AvgIpc) is 1.65. The number of benzene rings is 3. The number of hydrogen-bond donors (Lipinski definition) is 3. The number of halogens is 6. The van der Waals surface area contributed by atoms with Crippen molar-refractivity contribution in [2.24, 2.45) is 41.1 Å². The lowest BCUT2D eigenvalue weighted by molar-refractivity contribution is -0.123. The summed E-state index contributed by atoms with van der Waals surface area (Å²) in [7, 11) is 0. The van der Waals surface area contributed by atoms with Gasteiger partial charge in [-0.2, -0.15) is 25.8 Å². The Labute approximate surface area is 640 Å². The van der Waals surface area contributed by atoms with Gasteiger partial charge in [0, 0.05) is 80.0 Å². The van der Waals surface area contributed by atoms with Crippen LogP contribution in [0.2, 0.25) is 30.1 Å². The van der Waals surface area contributed by atoms with E-state index in [2.05, 4.69) is 77.9 Å². The fraction of sp³-hybridized carbons (Fsp3) is 0.462. The van der Waals surface area contributed by atoms with Gasteiger partial charge in [-0.15, -0.1) is 0 Å². The molecule has 3 aliphatic carbocycles. The molecule has 544 valence electrons. The van der Waals surface area contributed by atoms with E-state index in [-0.39, 0.29) is 83.8 Å². The van der Waals surface area contributed by atoms with Crippen LogP contribution >= 0.6 is 69.6 Å². The molecule has 14 unspecified atom stereocenters. The molecular formula is C78H83Cl6N19O2. The summed E-state index contributed by atoms with van der Waals surface area (Å²) in [6.45, 7) is 13.9. The minimum absolute atomic E-state index is 0.00968. The van der Waals surface area contributed by atoms with Crippen molar-refractivity contribution in [3.63, 3.8) is 0 Å². The van der Waals surface area contributed by atoms with Crippen molar-refractivity contribution >= 4 is 126 Å². The van der Waals surface area contributed by atoms with Gasteiger partial charge < -0.3 is 16.6 Å². The fourth-order valence-corrected chi connectivity index (χ4v) is 19.9. The molecule has 9 aromatic rings. The van der Waals surface area contributed by atoms with Crippen LogP contribution in [0.4, 0.5) is 0 Å². The van der Waals surface area contributed by atoms with Crippen LogP contribution in [-0.2, 0) is 11.2 Å². The first-order valence-electron chi connectivity index (χ1n) is 36.5. The normalized spacial score (nSPS) is 25.7. The molecule has 5 N–H and O–H groups in total. The highest BCUT2D eigenvalue weighted by molar-refractivity contribution is 6.36. The van der Waals surface area contributed by atoms with E-state index < -0.39 is 12.1 Å². The molecule has 0 bridgehead atoms. The number of carbonyl (C=O) groups is 1. The number of allylic oxidation sites excluding steroid dienone is 3. The maximum Gasteiger partial charge on any atom is 0.234 e. The molecule has 3 aliphatic heterocycles. The van der Waals surface area contributed by atoms with E-state index in [1.54, 1.807) is 41.3 Å². The van der Waals surface area contributed by atoms with Crippen molar-refractivity contribution in [1.29, 1.82) is 10.5 Å². The number of likely N-dealkylation sites (tertiary alicyclic amines) is 3. The Morgan fingerprint density at radius 3 is 1.53 bits per heavy atom. The SMILES string of the molecule is CC1CC(c2cnc3c(CC4CC(C(N)=O)N(C5CC=C(c6cnc7c(C#N)nn(C(CC8CC(CN)N(C9CC=C(c%10cnc%11c(C#N)nn(C(C)c%12ccc(Cl)cc%12Cl)c%11n%10)CC9C)C8)c8ccc(Cl)cc8Cl)c7n6)CC5C)C4)nn(C(C)c4ccc(Cl)cc4Cl)c3n2)=CCC1N1CCCC1CO. The highest BCUT2D eigenvalue weighted by Crippen LogP contribution is 2.46. The summed E-state index contributed by atoms with van der Waals surface area (Å²) in [5.74, 6) is 0.450. The van der Waals surface area contributed by atoms with E-state index in [9.17, 15) is 20.4 Å². The van der Waals surface area contributed by atoms with Crippen LogP contribution in [0.25, 0.3) is 50.2 Å². The van der Waals surface area contributed by atoms with Crippen LogP contribution in [-0.4, -0.2) is 154 Å². The smallest absolute Gasteiger partial charge is 0.234 e. The molecule has 0 spiro atoms. The second-order valence-corrected chi connectivity index (χ2v) is 32.6. The summed E-state index contributed by atoms with van der Waals surface area (Å²) in [6, 6.07) is 20.1. The number of carbonyl (C=O) groups excluding carboxylic acids is 1. The highest BCUT2D eigenvalue weighted by atomic mass is 35.5. The van der Waals surface area contributed by atoms with Gasteiger partial charge >= 0.3 is 0 Å². The number of nitrogens with zero attached hydrogens (tertiary/aromatic N) is 17. The number of amides is 1. The van der Waals surface area contributed by atoms with Gasteiger partial charge in [0.2, 0.25) is 5.91 Å². The molecule has 9 heterocycles. The molecule has 6 aliphatic rings. The zero-order valence-corrected chi connectivity index (χ0v) is 63.7. The van der Waals surface area contributed by atoms with Crippen molar-refractivity contribution in [1.82, 2.24) is 73.9 Å². The summed E-state index contributed by atoms with van der Waals surface area (Å²) < 4.78 is 5.51. The van der Waals surface area contributed by atoms with Crippen molar-refractivity contribution in [2.75, 3.05) is 32.8 Å². The minimum atomic E-state index is -0.500. The van der Waals surface area contributed by atoms with Crippen LogP contribution < -0.4 is 11.5 Å². The Kier molecular flexibility index (Phi) is 21.1. The first-order chi connectivity index (χ1) is 50.7. The van der Waals surface area contributed by atoms with Gasteiger partial charge in [-0.25, -0.2) is 43.9 Å². The predicted octanol–water partition coefficient (Wildman–Crippen LogP) is 14.7. The molecule has 0 radical (unpaired) electrons. The quantitative estimate of drug-likeness (QED) is 0.0678. The lowest BCUT2D eigenvalue weighted by atomic mass is 9.83. The van der Waals surface area contributed by atoms with Crippen molar-refractivity contribution in [3.05, 3.63) is 172 Å². The number of rotatable bonds is 19. The van der Waals surface area contributed by atoms with Gasteiger partial charge in [-0.1, -0.05) is 127 Å². The second kappa shape index (κ2) is 30.3. The molecule has 27 heteroatoms. The Hall–Kier alpha value is -7.48. The summed E-state index contributed by atoms with van der Waals surface area (Å²) in [4.78, 5) is 51.9. The summed E-state index contributed by atoms with van der Waals surface area (Å²) in [5.41, 5.74) is 25.3. The molecule has 21 nitrogen and oxygen atoms in total. The number of nitrogens with two attached hydrogens (primary N) is 2. The molecule has 0 saturated carbocycles. The van der Waals surface area contributed by atoms with Crippen molar-refractivity contribution in [2.45, 2.75) is 166 Å². The van der Waals surface area contributed by atoms with Gasteiger partial charge in [0.05, 0.1) is 72.1 Å². The Morgan fingerprint density at radius 1 is 0.590 bits per heavy atom. The number of aliphatic hydroxyl groups is 1. The Balaban J connectivity index is 0.670. The molecule has 105 heavy (non-hydrogen) atoms. The van der Waals surface area contributed by atoms with Gasteiger partial charge in [0.25, 0.3) is 0 Å². The largest absolute Gasteiger partial charge is 0.395 e. The first kappa shape index (κ1) is 73.1. The van der Waals surface area contributed by atoms with E-state index in [4.69, 9.17) is 121 Å². The molecule has 3 saturated heterocycles. The van der Waals surface area contributed by atoms with E-state index in [1.165, 1.54) is 0 Å². The topological polar surface area (TPSA) is 277 Å². The third-order valence-electron chi connectivity index (χ3n) is 23.6. The van der Waals surface area contributed by atoms with E-state index in [0.717, 1.165) is 109 Å². The standard InChI is InChI=1S/C78H83Cl6N19O2/c1-40-21-47(8-17-67(40)98-20-6-7-53(98)39-104)64-34-89-72-61(95-101(76(72)92-64)43(4)55-14-11-50(79)28-58(55)82)25-46-27-71(75(88)105)100(38-46)69-19-10-49(23-42(69)3)66-36-91-74-63(33-87)97-103(78(74)94-66)70(57-16-13-52(81)30-60(57)84)26-45-24-54(31-85)99(37-45)68-18-9-48(22-41(68)2)65-35-90-73-62(32-86)96-102(77(73)93-65)44(5)56-15-12-51(80)29-59(56)83/h8-16,28-30,34-36,40-46,53-54,67-71,104H,6-7,17-27,31,37-39,85H2,1-5H3,(H2,88,105). The highest BCUT2D eigenvalue weighted by Gasteiger charge is 2.45. The van der Waals surface area contributed by atoms with Crippen molar-refractivity contribution < 1.29 is 9.90 Å². The number of aromatic nitrogens is 12. The summed E-state index contributed by atoms with van der Waals surface area (Å²) >= 11 is 40.1. The van der Waals surface area contributed by atoms with Crippen LogP contribution in [0.3, 0.4) is 0 Å². The van der Waals surface area contributed by atoms with Gasteiger partial charge in [0.1, 0.15) is 28.7 Å². The molecule has 3 fully saturated rings. The molecular weight excluding hydrogens is 1450 g/mol. The maximum atomic E-state index is 13.7. The predicted molar refractivity (Wildman–Crippen MR) is 412 cm³/mol. The second-order valence-electron chi connectivity index (χ2n) is 30.1. The number of hydrogen-bond acceptors (Lipinski definition) is 17. The zero-order chi connectivity index (χ0) is 73.4. The van der Waals surface area contributed by atoms with Gasteiger partial charge in [-0.05, 0) is 197 Å². The fourth-order valence-electron chi connectivity index (χ4n) is 18.2. The molecule has 3 aromatic carbocycles. The van der Waals surface area contributed by atoms with Gasteiger partial charge in [-0.3, -0.25) is 19.5 Å². The number of aliphatic hydroxyl groups excluding tert-OH is 1. The minimum Gasteiger partial charge on any atom is -0.395 e. The number of nitriles is 2. The Morgan fingerprint density at radius 2 is 1.05 bits per heavy atom. The lowest BCUT2D eigenvalue weighted by Gasteiger charge is -2.39. The van der Waals surface area contributed by atoms with Crippen LogP contribution in [0.5, 0.6) is 0 Å². The van der Waals surface area contributed by atoms with E-state index in [0.29, 0.717) is 126 Å². The van der Waals surface area contributed by atoms with Crippen LogP contribution in [0, 0.1) is 52.3 Å². The Bertz CT molecular complexity index is 5060. The first-order valence-corrected chi connectivity index (χ1v) is 38.8. The van der Waals surface area contributed by atoms with E-state index in [1.807, 2.05) is 52.8 Å². The lowest BCUT2D eigenvalue weighted by Crippen LogP contribution is -2.49. The third-order valence-corrected chi connectivity index (χ3v) is 25.3. The average molecular weight is 1530 g/mol. The molecule has 14 atom stereocenters. The maximum absolute atomic E-state index is 13.7. The molecule has 6 aromatic heterocycles. The molecule has 1 amide bonds. The van der Waals surface area contributed by atoms with Crippen molar-refractivity contribution in [3.8, 4) is 12.1 Å². The van der Waals surface area contributed by atoms with Gasteiger partial charge in [0.15, 0.2) is 28.3 Å². The number of primary amides is 1. The third kappa shape index (κ3) is 14.1. The summed E-state index contributed by atoms with van der Waals surface area (Å²) in [6.07, 6.45) is 21.3. The van der Waals surface area contributed by atoms with Crippen LogP contribution in [0.15, 0.2) is 91.4 Å².